The van der Waals surface area contributed by atoms with Gasteiger partial charge in [0.2, 0.25) is 5.95 Å². The van der Waals surface area contributed by atoms with Gasteiger partial charge >= 0.3 is 0 Å². The van der Waals surface area contributed by atoms with Crippen molar-refractivity contribution in [1.29, 1.82) is 0 Å². The van der Waals surface area contributed by atoms with Crippen LogP contribution in [0.2, 0.25) is 0 Å². The molecule has 0 saturated heterocycles. The van der Waals surface area contributed by atoms with Crippen molar-refractivity contribution in [3.63, 3.8) is 0 Å². The SMILES string of the molecule is CCc1nnc(NCc2ccc(CN)cc2F)nc1CC. The molecule has 2 aromatic rings. The van der Waals surface area contributed by atoms with Gasteiger partial charge in [0.1, 0.15) is 5.82 Å². The first-order valence-electron chi connectivity index (χ1n) is 7.11. The van der Waals surface area contributed by atoms with Gasteiger partial charge in [0, 0.05) is 18.7 Å². The summed E-state index contributed by atoms with van der Waals surface area (Å²) in [4.78, 5) is 4.41. The molecule has 3 N–H and O–H groups in total. The Bertz CT molecular complexity index is 615. The smallest absolute Gasteiger partial charge is 0.243 e. The van der Waals surface area contributed by atoms with Gasteiger partial charge < -0.3 is 11.1 Å². The number of nitrogens with zero attached hydrogens (tertiary/aromatic N) is 3. The van der Waals surface area contributed by atoms with E-state index < -0.39 is 0 Å². The molecule has 0 aliphatic rings. The van der Waals surface area contributed by atoms with Crippen LogP contribution in [0, 0.1) is 5.82 Å². The molecule has 112 valence electrons. The van der Waals surface area contributed by atoms with E-state index in [4.69, 9.17) is 5.73 Å². The van der Waals surface area contributed by atoms with Gasteiger partial charge in [0.15, 0.2) is 0 Å². The van der Waals surface area contributed by atoms with Crippen molar-refractivity contribution >= 4 is 5.95 Å². The highest BCUT2D eigenvalue weighted by Gasteiger charge is 2.07. The highest BCUT2D eigenvalue weighted by Crippen LogP contribution is 2.12. The molecular formula is C15H20FN5. The van der Waals surface area contributed by atoms with E-state index in [-0.39, 0.29) is 5.82 Å². The second-order valence-corrected chi connectivity index (χ2v) is 4.72. The van der Waals surface area contributed by atoms with Crippen molar-refractivity contribution < 1.29 is 4.39 Å². The number of nitrogens with two attached hydrogens (primary N) is 1. The summed E-state index contributed by atoms with van der Waals surface area (Å²) >= 11 is 0. The molecule has 0 amide bonds. The fraction of sp³-hybridized carbons (Fsp3) is 0.400. The zero-order valence-corrected chi connectivity index (χ0v) is 12.4. The average molecular weight is 289 g/mol. The van der Waals surface area contributed by atoms with Crippen LogP contribution in [0.4, 0.5) is 10.3 Å². The fourth-order valence-corrected chi connectivity index (χ4v) is 2.05. The number of nitrogens with one attached hydrogen (secondary N) is 1. The summed E-state index contributed by atoms with van der Waals surface area (Å²) in [5.41, 5.74) is 8.63. The molecule has 0 saturated carbocycles. The standard InChI is InChI=1S/C15H20FN5/c1-3-13-14(4-2)20-21-15(19-13)18-9-11-6-5-10(8-17)7-12(11)16/h5-7H,3-4,8-9,17H2,1-2H3,(H,18,19,21). The van der Waals surface area contributed by atoms with Crippen LogP contribution in [0.5, 0.6) is 0 Å². The van der Waals surface area contributed by atoms with Crippen molar-refractivity contribution in [1.82, 2.24) is 15.2 Å². The Kier molecular flexibility index (Phi) is 5.16. The van der Waals surface area contributed by atoms with Gasteiger partial charge in [-0.15, -0.1) is 5.10 Å². The Morgan fingerprint density at radius 2 is 1.90 bits per heavy atom. The molecule has 5 nitrogen and oxygen atoms in total. The highest BCUT2D eigenvalue weighted by molar-refractivity contribution is 5.31. The molecule has 0 atom stereocenters. The van der Waals surface area contributed by atoms with E-state index in [1.165, 1.54) is 6.07 Å². The van der Waals surface area contributed by atoms with Crippen LogP contribution in [0.15, 0.2) is 18.2 Å². The summed E-state index contributed by atoms with van der Waals surface area (Å²) < 4.78 is 13.9. The molecule has 6 heteroatoms. The van der Waals surface area contributed by atoms with Crippen LogP contribution in [-0.4, -0.2) is 15.2 Å². The van der Waals surface area contributed by atoms with E-state index in [2.05, 4.69) is 20.5 Å². The minimum atomic E-state index is -0.278. The lowest BCUT2D eigenvalue weighted by Crippen LogP contribution is -2.10. The molecule has 2 rings (SSSR count). The predicted molar refractivity (Wildman–Crippen MR) is 80.2 cm³/mol. The van der Waals surface area contributed by atoms with Crippen molar-refractivity contribution in [2.24, 2.45) is 5.73 Å². The number of rotatable bonds is 6. The molecular weight excluding hydrogens is 269 g/mol. The molecule has 0 spiro atoms. The van der Waals surface area contributed by atoms with Crippen LogP contribution in [0.1, 0.15) is 36.4 Å². The molecule has 21 heavy (non-hydrogen) atoms. The second-order valence-electron chi connectivity index (χ2n) is 4.72. The van der Waals surface area contributed by atoms with Crippen LogP contribution >= 0.6 is 0 Å². The number of benzene rings is 1. The summed E-state index contributed by atoms with van der Waals surface area (Å²) in [5, 5.41) is 11.2. The van der Waals surface area contributed by atoms with Crippen LogP contribution in [0.3, 0.4) is 0 Å². The number of hydrogen-bond donors (Lipinski definition) is 2. The quantitative estimate of drug-likeness (QED) is 0.852. The lowest BCUT2D eigenvalue weighted by Gasteiger charge is -2.09. The van der Waals surface area contributed by atoms with Crippen LogP contribution in [0.25, 0.3) is 0 Å². The lowest BCUT2D eigenvalue weighted by atomic mass is 10.1. The van der Waals surface area contributed by atoms with Gasteiger partial charge in [-0.3, -0.25) is 0 Å². The molecule has 0 aliphatic heterocycles. The van der Waals surface area contributed by atoms with E-state index in [1.807, 2.05) is 19.9 Å². The molecule has 0 fully saturated rings. The first-order valence-corrected chi connectivity index (χ1v) is 7.11. The molecule has 1 heterocycles. The van der Waals surface area contributed by atoms with Gasteiger partial charge in [-0.25, -0.2) is 9.37 Å². The molecule has 0 unspecified atom stereocenters. The maximum Gasteiger partial charge on any atom is 0.243 e. The summed E-state index contributed by atoms with van der Waals surface area (Å²) in [6, 6.07) is 4.99. The third-order valence-corrected chi connectivity index (χ3v) is 3.30. The Labute approximate surface area is 123 Å². The van der Waals surface area contributed by atoms with Crippen molar-refractivity contribution in [2.45, 2.75) is 39.8 Å². The topological polar surface area (TPSA) is 76.7 Å². The zero-order chi connectivity index (χ0) is 15.2. The van der Waals surface area contributed by atoms with Gasteiger partial charge in [-0.2, -0.15) is 5.10 Å². The number of halogens is 1. The third-order valence-electron chi connectivity index (χ3n) is 3.30. The first kappa shape index (κ1) is 15.3. The molecule has 1 aromatic heterocycles. The van der Waals surface area contributed by atoms with E-state index in [1.54, 1.807) is 6.07 Å². The minimum Gasteiger partial charge on any atom is -0.349 e. The molecule has 0 radical (unpaired) electrons. The molecule has 1 aromatic carbocycles. The first-order chi connectivity index (χ1) is 10.2. The minimum absolute atomic E-state index is 0.278. The largest absolute Gasteiger partial charge is 0.349 e. The van der Waals surface area contributed by atoms with E-state index in [0.29, 0.717) is 24.6 Å². The fourth-order valence-electron chi connectivity index (χ4n) is 2.05. The Balaban J connectivity index is 2.09. The zero-order valence-electron chi connectivity index (χ0n) is 12.4. The van der Waals surface area contributed by atoms with Crippen molar-refractivity contribution in [2.75, 3.05) is 5.32 Å². The van der Waals surface area contributed by atoms with Crippen molar-refractivity contribution in [3.8, 4) is 0 Å². The number of aromatic nitrogens is 3. The summed E-state index contributed by atoms with van der Waals surface area (Å²) in [5.74, 6) is 0.144. The third kappa shape index (κ3) is 3.72. The normalized spacial score (nSPS) is 10.7. The predicted octanol–water partition coefficient (Wildman–Crippen LogP) is 2.21. The molecule has 0 aliphatic carbocycles. The Morgan fingerprint density at radius 1 is 1.14 bits per heavy atom. The molecule has 0 bridgehead atoms. The highest BCUT2D eigenvalue weighted by atomic mass is 19.1. The Morgan fingerprint density at radius 3 is 2.52 bits per heavy atom. The van der Waals surface area contributed by atoms with Crippen molar-refractivity contribution in [3.05, 3.63) is 46.5 Å². The number of hydrogen-bond acceptors (Lipinski definition) is 5. The summed E-state index contributed by atoms with van der Waals surface area (Å²) in [7, 11) is 0. The average Bonchev–Trinajstić information content (AvgIpc) is 2.53. The van der Waals surface area contributed by atoms with Crippen LogP contribution < -0.4 is 11.1 Å². The van der Waals surface area contributed by atoms with E-state index in [0.717, 1.165) is 29.8 Å². The van der Waals surface area contributed by atoms with Gasteiger partial charge in [0.05, 0.1) is 11.4 Å². The van der Waals surface area contributed by atoms with Gasteiger partial charge in [-0.1, -0.05) is 26.0 Å². The number of aryl methyl sites for hydroxylation is 2. The summed E-state index contributed by atoms with van der Waals surface area (Å²) in [6.07, 6.45) is 1.60. The lowest BCUT2D eigenvalue weighted by molar-refractivity contribution is 0.610. The van der Waals surface area contributed by atoms with E-state index in [9.17, 15) is 4.39 Å². The maximum absolute atomic E-state index is 13.9. The Hall–Kier alpha value is -2.08. The van der Waals surface area contributed by atoms with E-state index >= 15 is 0 Å². The maximum atomic E-state index is 13.9. The second kappa shape index (κ2) is 7.08. The monoisotopic (exact) mass is 289 g/mol. The number of anilines is 1. The van der Waals surface area contributed by atoms with Gasteiger partial charge in [0.25, 0.3) is 0 Å². The van der Waals surface area contributed by atoms with Crippen LogP contribution in [-0.2, 0) is 25.9 Å². The summed E-state index contributed by atoms with van der Waals surface area (Å²) in [6.45, 7) is 4.69. The van der Waals surface area contributed by atoms with Gasteiger partial charge in [-0.05, 0) is 24.5 Å².